The third kappa shape index (κ3) is 6.39. The number of carbonyl (C=O) groups excluding carboxylic acids is 2. The number of amides is 1. The SMILES string of the molecule is [N-]=[N+]=CC(=O)CC[C@H](NC(=O)[C@@H](O)Cc1ccc(O)cc1)C(=O)O. The molecule has 0 bridgehead atoms. The largest absolute Gasteiger partial charge is 0.508 e. The van der Waals surface area contributed by atoms with Crippen LogP contribution in [0.25, 0.3) is 5.53 Å². The summed E-state index contributed by atoms with van der Waals surface area (Å²) in [5, 5.41) is 30.2. The highest BCUT2D eigenvalue weighted by atomic mass is 16.4. The average molecular weight is 335 g/mol. The van der Waals surface area contributed by atoms with E-state index in [1.165, 1.54) is 24.3 Å². The second-order valence-electron chi connectivity index (χ2n) is 5.04. The Bertz CT molecular complexity index is 652. The van der Waals surface area contributed by atoms with Gasteiger partial charge in [-0.2, -0.15) is 4.79 Å². The number of hydrogen-bond donors (Lipinski definition) is 4. The summed E-state index contributed by atoms with van der Waals surface area (Å²) >= 11 is 0. The van der Waals surface area contributed by atoms with Gasteiger partial charge < -0.3 is 26.2 Å². The Morgan fingerprint density at radius 1 is 1.25 bits per heavy atom. The molecule has 9 nitrogen and oxygen atoms in total. The number of benzene rings is 1. The average Bonchev–Trinajstić information content (AvgIpc) is 2.53. The molecule has 0 radical (unpaired) electrons. The fourth-order valence-electron chi connectivity index (χ4n) is 1.89. The van der Waals surface area contributed by atoms with Crippen molar-refractivity contribution in [1.82, 2.24) is 5.32 Å². The van der Waals surface area contributed by atoms with Crippen LogP contribution in [0.15, 0.2) is 24.3 Å². The number of nitrogens with zero attached hydrogens (tertiary/aromatic N) is 2. The van der Waals surface area contributed by atoms with Crippen molar-refractivity contribution >= 4 is 23.9 Å². The zero-order valence-corrected chi connectivity index (χ0v) is 12.6. The summed E-state index contributed by atoms with van der Waals surface area (Å²) in [6, 6.07) is 4.48. The van der Waals surface area contributed by atoms with Crippen molar-refractivity contribution in [2.45, 2.75) is 31.4 Å². The van der Waals surface area contributed by atoms with Crippen molar-refractivity contribution in [2.75, 3.05) is 0 Å². The molecule has 2 atom stereocenters. The molecule has 9 heteroatoms. The van der Waals surface area contributed by atoms with Crippen LogP contribution in [0, 0.1) is 0 Å². The van der Waals surface area contributed by atoms with Crippen LogP contribution in [-0.2, 0) is 20.8 Å². The van der Waals surface area contributed by atoms with Crippen molar-refractivity contribution < 1.29 is 34.5 Å². The Morgan fingerprint density at radius 2 is 1.88 bits per heavy atom. The van der Waals surface area contributed by atoms with Gasteiger partial charge in [0, 0.05) is 12.8 Å². The van der Waals surface area contributed by atoms with E-state index in [0.29, 0.717) is 11.8 Å². The van der Waals surface area contributed by atoms with Gasteiger partial charge in [0.05, 0.1) is 0 Å². The quantitative estimate of drug-likeness (QED) is 0.271. The van der Waals surface area contributed by atoms with Gasteiger partial charge in [0.2, 0.25) is 11.7 Å². The number of nitrogens with one attached hydrogen (secondary N) is 1. The fourth-order valence-corrected chi connectivity index (χ4v) is 1.89. The minimum Gasteiger partial charge on any atom is -0.508 e. The predicted molar refractivity (Wildman–Crippen MR) is 81.3 cm³/mol. The first-order valence-electron chi connectivity index (χ1n) is 7.03. The smallest absolute Gasteiger partial charge is 0.326 e. The van der Waals surface area contributed by atoms with Gasteiger partial charge >= 0.3 is 12.2 Å². The van der Waals surface area contributed by atoms with E-state index in [1.54, 1.807) is 0 Å². The maximum atomic E-state index is 11.9. The molecule has 1 aromatic carbocycles. The predicted octanol–water partition coefficient (Wildman–Crippen LogP) is -0.485. The molecule has 1 amide bonds. The Labute approximate surface area is 137 Å². The van der Waals surface area contributed by atoms with E-state index < -0.39 is 29.8 Å². The number of hydrogen-bond acceptors (Lipinski definition) is 5. The zero-order valence-electron chi connectivity index (χ0n) is 12.6. The van der Waals surface area contributed by atoms with E-state index >= 15 is 0 Å². The topological polar surface area (TPSA) is 160 Å². The van der Waals surface area contributed by atoms with Gasteiger partial charge in [-0.3, -0.25) is 9.59 Å². The molecule has 24 heavy (non-hydrogen) atoms. The van der Waals surface area contributed by atoms with Crippen molar-refractivity contribution in [1.29, 1.82) is 0 Å². The third-order valence-electron chi connectivity index (χ3n) is 3.16. The molecular weight excluding hydrogens is 318 g/mol. The maximum Gasteiger partial charge on any atom is 0.326 e. The van der Waals surface area contributed by atoms with Gasteiger partial charge in [-0.1, -0.05) is 12.1 Å². The lowest BCUT2D eigenvalue weighted by molar-refractivity contribution is -0.143. The lowest BCUT2D eigenvalue weighted by Crippen LogP contribution is -2.46. The number of phenols is 1. The minimum absolute atomic E-state index is 0.0414. The van der Waals surface area contributed by atoms with Crippen LogP contribution in [0.1, 0.15) is 18.4 Å². The molecule has 0 aliphatic rings. The number of ketones is 1. The number of aromatic hydroxyl groups is 1. The lowest BCUT2D eigenvalue weighted by atomic mass is 10.1. The van der Waals surface area contributed by atoms with Gasteiger partial charge in [0.25, 0.3) is 0 Å². The molecule has 0 spiro atoms. The van der Waals surface area contributed by atoms with Crippen molar-refractivity contribution in [3.8, 4) is 5.75 Å². The molecule has 0 aromatic heterocycles. The van der Waals surface area contributed by atoms with E-state index in [-0.39, 0.29) is 25.0 Å². The summed E-state index contributed by atoms with van der Waals surface area (Å²) in [6.45, 7) is 0. The summed E-state index contributed by atoms with van der Waals surface area (Å²) in [7, 11) is 0. The number of carboxylic acids is 1. The molecule has 128 valence electrons. The van der Waals surface area contributed by atoms with Crippen LogP contribution in [-0.4, -0.2) is 56.1 Å². The molecule has 0 fully saturated rings. The van der Waals surface area contributed by atoms with Gasteiger partial charge in [-0.25, -0.2) is 4.79 Å². The highest BCUT2D eigenvalue weighted by Gasteiger charge is 2.25. The molecule has 4 N–H and O–H groups in total. The number of carboxylic acid groups (broad SMARTS) is 1. The monoisotopic (exact) mass is 335 g/mol. The molecule has 0 saturated heterocycles. The number of aliphatic hydroxyl groups is 1. The standard InChI is InChI=1S/C15H17N3O6/c16-17-8-11(20)5-6-12(15(23)24)18-14(22)13(21)7-9-1-3-10(19)4-2-9/h1-4,8,12-13,19,21H,5-7H2,(H,18,22)(H,23,24)/t12-,13-/m0/s1. The fraction of sp³-hybridized carbons (Fsp3) is 0.333. The lowest BCUT2D eigenvalue weighted by Gasteiger charge is -2.16. The van der Waals surface area contributed by atoms with E-state index in [9.17, 15) is 19.5 Å². The summed E-state index contributed by atoms with van der Waals surface area (Å²) in [6.07, 6.45) is -1.35. The molecule has 1 rings (SSSR count). The number of aliphatic hydroxyl groups excluding tert-OH is 1. The van der Waals surface area contributed by atoms with Crippen LogP contribution >= 0.6 is 0 Å². The zero-order chi connectivity index (χ0) is 18.1. The molecule has 0 unspecified atom stereocenters. The van der Waals surface area contributed by atoms with Gasteiger partial charge in [-0.15, -0.1) is 0 Å². The number of Topliss-reactive ketones (excluding diaryl/α,β-unsaturated/α-hetero) is 1. The third-order valence-corrected chi connectivity index (χ3v) is 3.16. The summed E-state index contributed by atoms with van der Waals surface area (Å²) < 4.78 is 0. The molecule has 1 aromatic rings. The molecular formula is C15H17N3O6. The second kappa shape index (κ2) is 9.19. The van der Waals surface area contributed by atoms with Crippen LogP contribution in [0.4, 0.5) is 0 Å². The Morgan fingerprint density at radius 3 is 2.42 bits per heavy atom. The van der Waals surface area contributed by atoms with Crippen LogP contribution in [0.5, 0.6) is 5.75 Å². The summed E-state index contributed by atoms with van der Waals surface area (Å²) in [4.78, 5) is 36.7. The Kier molecular flexibility index (Phi) is 7.28. The van der Waals surface area contributed by atoms with Crippen LogP contribution in [0.3, 0.4) is 0 Å². The molecule has 0 saturated carbocycles. The van der Waals surface area contributed by atoms with E-state index in [2.05, 4.69) is 10.1 Å². The van der Waals surface area contributed by atoms with Gasteiger partial charge in [0.15, 0.2) is 0 Å². The highest BCUT2D eigenvalue weighted by molar-refractivity contribution is 6.25. The second-order valence-corrected chi connectivity index (χ2v) is 5.04. The molecule has 0 aliphatic heterocycles. The van der Waals surface area contributed by atoms with Gasteiger partial charge in [0.1, 0.15) is 17.9 Å². The number of aliphatic carboxylic acids is 1. The van der Waals surface area contributed by atoms with Crippen molar-refractivity contribution in [2.24, 2.45) is 0 Å². The minimum atomic E-state index is -1.48. The molecule has 0 aliphatic carbocycles. The highest BCUT2D eigenvalue weighted by Crippen LogP contribution is 2.11. The maximum absolute atomic E-state index is 11.9. The first kappa shape index (κ1) is 19.0. The molecule has 0 heterocycles. The Hall–Kier alpha value is -3.03. The number of phenolic OH excluding ortho intramolecular Hbond substituents is 1. The first-order chi connectivity index (χ1) is 11.3. The van der Waals surface area contributed by atoms with Crippen molar-refractivity contribution in [3.63, 3.8) is 0 Å². The summed E-state index contributed by atoms with van der Waals surface area (Å²) in [5.41, 5.74) is 8.78. The van der Waals surface area contributed by atoms with Crippen LogP contribution < -0.4 is 5.32 Å². The van der Waals surface area contributed by atoms with Crippen LogP contribution in [0.2, 0.25) is 0 Å². The van der Waals surface area contributed by atoms with Gasteiger partial charge in [-0.05, 0) is 24.1 Å². The Balaban J connectivity index is 2.60. The van der Waals surface area contributed by atoms with Crippen molar-refractivity contribution in [3.05, 3.63) is 35.4 Å². The first-order valence-corrected chi connectivity index (χ1v) is 7.03. The summed E-state index contributed by atoms with van der Waals surface area (Å²) in [5.74, 6) is -2.80. The number of carbonyl (C=O) groups is 3. The normalized spacial score (nSPS) is 12.5. The number of rotatable bonds is 9. The van der Waals surface area contributed by atoms with E-state index in [0.717, 1.165) is 0 Å². The van der Waals surface area contributed by atoms with E-state index in [4.69, 9.17) is 15.7 Å². The van der Waals surface area contributed by atoms with E-state index in [1.807, 2.05) is 0 Å².